The first-order valence-corrected chi connectivity index (χ1v) is 9.35. The van der Waals surface area contributed by atoms with Gasteiger partial charge in [-0.15, -0.1) is 0 Å². The lowest BCUT2D eigenvalue weighted by Crippen LogP contribution is -2.45. The fourth-order valence-corrected chi connectivity index (χ4v) is 3.19. The van der Waals surface area contributed by atoms with Crippen LogP contribution in [0.5, 0.6) is 5.75 Å². The molecule has 2 aromatic carbocycles. The van der Waals surface area contributed by atoms with Crippen LogP contribution >= 0.6 is 0 Å². The van der Waals surface area contributed by atoms with Crippen molar-refractivity contribution in [3.63, 3.8) is 0 Å². The Labute approximate surface area is 177 Å². The summed E-state index contributed by atoms with van der Waals surface area (Å²) in [5.41, 5.74) is 6.92. The second-order valence-electron chi connectivity index (χ2n) is 6.82. The molecule has 1 aliphatic heterocycles. The molecule has 1 aliphatic rings. The SMILES string of the molecule is Nc1ccc2c(n1)N(CC(=O)Nc1ccc(C(=O)O)cc1)C(=O)C(c1ccccc1)O2. The van der Waals surface area contributed by atoms with Crippen molar-refractivity contribution < 1.29 is 24.2 Å². The standard InChI is InChI=1S/C22H18N4O5/c23-17-11-10-16-20(25-17)26(21(28)19(31-16)13-4-2-1-3-5-13)12-18(27)24-15-8-6-14(7-9-15)22(29)30/h1-11,19H,12H2,(H2,23,25)(H,24,27)(H,29,30). The predicted molar refractivity (Wildman–Crippen MR) is 113 cm³/mol. The molecular weight excluding hydrogens is 400 g/mol. The number of carboxylic acid groups (broad SMARTS) is 1. The van der Waals surface area contributed by atoms with Crippen LogP contribution in [-0.4, -0.2) is 34.4 Å². The first-order valence-electron chi connectivity index (χ1n) is 9.35. The number of hydrogen-bond donors (Lipinski definition) is 3. The normalized spacial score (nSPS) is 15.0. The van der Waals surface area contributed by atoms with Gasteiger partial charge in [0.25, 0.3) is 5.91 Å². The maximum absolute atomic E-state index is 13.2. The molecule has 0 radical (unpaired) electrons. The van der Waals surface area contributed by atoms with E-state index in [1.807, 2.05) is 6.07 Å². The summed E-state index contributed by atoms with van der Waals surface area (Å²) in [6.45, 7) is -0.324. The van der Waals surface area contributed by atoms with Gasteiger partial charge in [-0.3, -0.25) is 14.5 Å². The zero-order valence-corrected chi connectivity index (χ0v) is 16.2. The van der Waals surface area contributed by atoms with Crippen LogP contribution in [0.4, 0.5) is 17.3 Å². The summed E-state index contributed by atoms with van der Waals surface area (Å²) in [5, 5.41) is 11.6. The highest BCUT2D eigenvalue weighted by Gasteiger charge is 2.37. The number of carbonyl (C=O) groups excluding carboxylic acids is 2. The number of benzene rings is 2. The molecule has 2 heterocycles. The van der Waals surface area contributed by atoms with Gasteiger partial charge in [-0.05, 0) is 36.4 Å². The highest BCUT2D eigenvalue weighted by Crippen LogP contribution is 2.38. The number of carbonyl (C=O) groups is 3. The molecule has 4 N–H and O–H groups in total. The summed E-state index contributed by atoms with van der Waals surface area (Å²) in [6.07, 6.45) is -0.929. The van der Waals surface area contributed by atoms with Crippen molar-refractivity contribution >= 4 is 35.1 Å². The number of nitrogens with zero attached hydrogens (tertiary/aromatic N) is 2. The van der Waals surface area contributed by atoms with Crippen molar-refractivity contribution in [1.82, 2.24) is 4.98 Å². The minimum Gasteiger partial charge on any atom is -0.478 e. The van der Waals surface area contributed by atoms with Crippen molar-refractivity contribution in [2.45, 2.75) is 6.10 Å². The fraction of sp³-hybridized carbons (Fsp3) is 0.0909. The Morgan fingerprint density at radius 3 is 2.45 bits per heavy atom. The third kappa shape index (κ3) is 4.15. The molecule has 1 unspecified atom stereocenters. The molecule has 0 fully saturated rings. The topological polar surface area (TPSA) is 135 Å². The molecule has 9 nitrogen and oxygen atoms in total. The monoisotopic (exact) mass is 418 g/mol. The molecule has 4 rings (SSSR count). The van der Waals surface area contributed by atoms with Crippen LogP contribution in [0.2, 0.25) is 0 Å². The lowest BCUT2D eigenvalue weighted by Gasteiger charge is -2.33. The Hall–Kier alpha value is -4.40. The van der Waals surface area contributed by atoms with Crippen molar-refractivity contribution in [2.75, 3.05) is 22.5 Å². The highest BCUT2D eigenvalue weighted by molar-refractivity contribution is 6.06. The van der Waals surface area contributed by atoms with Gasteiger partial charge in [0.1, 0.15) is 12.4 Å². The van der Waals surface area contributed by atoms with Gasteiger partial charge in [0.2, 0.25) is 12.0 Å². The van der Waals surface area contributed by atoms with Gasteiger partial charge in [-0.1, -0.05) is 30.3 Å². The van der Waals surface area contributed by atoms with Crippen LogP contribution in [0.3, 0.4) is 0 Å². The molecule has 9 heteroatoms. The number of nitrogens with two attached hydrogens (primary N) is 1. The van der Waals surface area contributed by atoms with E-state index in [-0.39, 0.29) is 23.7 Å². The van der Waals surface area contributed by atoms with Crippen LogP contribution in [0.15, 0.2) is 66.7 Å². The second-order valence-corrected chi connectivity index (χ2v) is 6.82. The summed E-state index contributed by atoms with van der Waals surface area (Å²) >= 11 is 0. The van der Waals surface area contributed by atoms with E-state index in [2.05, 4.69) is 10.3 Å². The van der Waals surface area contributed by atoms with E-state index in [9.17, 15) is 14.4 Å². The minimum atomic E-state index is -1.07. The number of rotatable bonds is 5. The van der Waals surface area contributed by atoms with Gasteiger partial charge in [-0.25, -0.2) is 9.78 Å². The summed E-state index contributed by atoms with van der Waals surface area (Å²) in [6, 6.07) is 17.8. The Kier molecular flexibility index (Phi) is 5.23. The first-order chi connectivity index (χ1) is 14.9. The third-order valence-corrected chi connectivity index (χ3v) is 4.67. The summed E-state index contributed by atoms with van der Waals surface area (Å²) in [7, 11) is 0. The molecule has 0 bridgehead atoms. The van der Waals surface area contributed by atoms with Crippen LogP contribution < -0.4 is 20.7 Å². The fourth-order valence-electron chi connectivity index (χ4n) is 3.19. The first kappa shape index (κ1) is 19.9. The van der Waals surface area contributed by atoms with Gasteiger partial charge in [0.05, 0.1) is 5.56 Å². The zero-order valence-electron chi connectivity index (χ0n) is 16.2. The molecule has 1 atom stereocenters. The Morgan fingerprint density at radius 2 is 1.77 bits per heavy atom. The van der Waals surface area contributed by atoms with Crippen molar-refractivity contribution in [3.05, 3.63) is 77.9 Å². The predicted octanol–water partition coefficient (Wildman–Crippen LogP) is 2.47. The average Bonchev–Trinajstić information content (AvgIpc) is 2.76. The number of hydrogen-bond acceptors (Lipinski definition) is 6. The Morgan fingerprint density at radius 1 is 1.06 bits per heavy atom. The van der Waals surface area contributed by atoms with Crippen LogP contribution in [0.1, 0.15) is 22.0 Å². The molecule has 2 amide bonds. The lowest BCUT2D eigenvalue weighted by atomic mass is 10.1. The molecule has 156 valence electrons. The molecule has 0 saturated carbocycles. The summed E-state index contributed by atoms with van der Waals surface area (Å²) < 4.78 is 5.85. The van der Waals surface area contributed by atoms with E-state index >= 15 is 0 Å². The number of ether oxygens (including phenoxy) is 1. The maximum atomic E-state index is 13.2. The number of nitrogens with one attached hydrogen (secondary N) is 1. The molecule has 0 spiro atoms. The largest absolute Gasteiger partial charge is 0.478 e. The quantitative estimate of drug-likeness (QED) is 0.579. The van der Waals surface area contributed by atoms with E-state index in [4.69, 9.17) is 15.6 Å². The molecule has 0 aliphatic carbocycles. The zero-order chi connectivity index (χ0) is 22.0. The number of nitrogen functional groups attached to an aromatic ring is 1. The lowest BCUT2D eigenvalue weighted by molar-refractivity contribution is -0.128. The Bertz CT molecular complexity index is 1150. The van der Waals surface area contributed by atoms with Gasteiger partial charge in [0, 0.05) is 11.3 Å². The highest BCUT2D eigenvalue weighted by atomic mass is 16.5. The molecule has 3 aromatic rings. The number of carboxylic acids is 1. The van der Waals surface area contributed by atoms with E-state index in [1.165, 1.54) is 29.2 Å². The number of pyridine rings is 1. The molecule has 0 saturated heterocycles. The minimum absolute atomic E-state index is 0.0978. The summed E-state index contributed by atoms with van der Waals surface area (Å²) in [4.78, 5) is 42.2. The maximum Gasteiger partial charge on any atom is 0.335 e. The number of fused-ring (bicyclic) bond motifs is 1. The van der Waals surface area contributed by atoms with E-state index in [1.54, 1.807) is 36.4 Å². The van der Waals surface area contributed by atoms with Gasteiger partial charge in [0.15, 0.2) is 11.6 Å². The van der Waals surface area contributed by atoms with Gasteiger partial charge < -0.3 is 20.9 Å². The number of anilines is 3. The van der Waals surface area contributed by atoms with Gasteiger partial charge >= 0.3 is 5.97 Å². The van der Waals surface area contributed by atoms with Crippen LogP contribution in [0, 0.1) is 0 Å². The Balaban J connectivity index is 1.59. The van der Waals surface area contributed by atoms with E-state index < -0.39 is 23.9 Å². The van der Waals surface area contributed by atoms with E-state index in [0.717, 1.165) is 0 Å². The third-order valence-electron chi connectivity index (χ3n) is 4.67. The number of aromatic carboxylic acids is 1. The molecular formula is C22H18N4O5. The number of aromatic nitrogens is 1. The van der Waals surface area contributed by atoms with Crippen molar-refractivity contribution in [2.24, 2.45) is 0 Å². The summed E-state index contributed by atoms with van der Waals surface area (Å²) in [5.74, 6) is -1.32. The molecule has 31 heavy (non-hydrogen) atoms. The second kappa shape index (κ2) is 8.15. The number of amides is 2. The average molecular weight is 418 g/mol. The van der Waals surface area contributed by atoms with Crippen LogP contribution in [-0.2, 0) is 9.59 Å². The van der Waals surface area contributed by atoms with Gasteiger partial charge in [-0.2, -0.15) is 0 Å². The van der Waals surface area contributed by atoms with Crippen LogP contribution in [0.25, 0.3) is 0 Å². The van der Waals surface area contributed by atoms with E-state index in [0.29, 0.717) is 17.0 Å². The van der Waals surface area contributed by atoms with Crippen molar-refractivity contribution in [3.8, 4) is 5.75 Å². The molecule has 1 aromatic heterocycles. The van der Waals surface area contributed by atoms with Crippen molar-refractivity contribution in [1.29, 1.82) is 0 Å². The smallest absolute Gasteiger partial charge is 0.335 e.